The molecule has 2 heterocycles. The summed E-state index contributed by atoms with van der Waals surface area (Å²) >= 11 is 12.4. The van der Waals surface area contributed by atoms with Crippen LogP contribution in [0.4, 0.5) is 13.2 Å². The summed E-state index contributed by atoms with van der Waals surface area (Å²) in [6.07, 6.45) is -2.50. The van der Waals surface area contributed by atoms with Crippen LogP contribution in [0.15, 0.2) is 47.4 Å². The van der Waals surface area contributed by atoms with Crippen molar-refractivity contribution in [2.24, 2.45) is 5.92 Å². The summed E-state index contributed by atoms with van der Waals surface area (Å²) in [5.41, 5.74) is -2.61. The lowest BCUT2D eigenvalue weighted by Gasteiger charge is -2.30. The minimum absolute atomic E-state index is 0.0546. The Morgan fingerprint density at radius 3 is 2.41 bits per heavy atom. The van der Waals surface area contributed by atoms with Gasteiger partial charge in [-0.3, -0.25) is 19.0 Å². The molecule has 1 saturated heterocycles. The molecule has 1 aromatic heterocycles. The quantitative estimate of drug-likeness (QED) is 0.410. The number of aromatic hydroxyl groups is 1. The summed E-state index contributed by atoms with van der Waals surface area (Å²) in [5.74, 6) is -1.03. The number of benzene rings is 2. The highest BCUT2D eigenvalue weighted by molar-refractivity contribution is 6.33. The maximum Gasteiger partial charge on any atom is 0.416 e. The molecule has 0 unspecified atom stereocenters. The Balaban J connectivity index is 1.64. The van der Waals surface area contributed by atoms with Gasteiger partial charge >= 0.3 is 6.18 Å². The summed E-state index contributed by atoms with van der Waals surface area (Å²) in [6, 6.07) is 8.23. The van der Waals surface area contributed by atoms with E-state index in [9.17, 15) is 37.9 Å². The van der Waals surface area contributed by atoms with Gasteiger partial charge in [-0.1, -0.05) is 23.2 Å². The molecule has 13 heteroatoms. The van der Waals surface area contributed by atoms with E-state index in [4.69, 9.17) is 23.2 Å². The molecular weight excluding hydrogens is 584 g/mol. The van der Waals surface area contributed by atoms with Crippen molar-refractivity contribution in [3.8, 4) is 28.6 Å². The molecule has 2 N–H and O–H groups in total. The number of phenols is 1. The molecule has 2 aromatic carbocycles. The highest BCUT2D eigenvalue weighted by atomic mass is 35.5. The number of amides is 2. The van der Waals surface area contributed by atoms with Crippen LogP contribution in [0.3, 0.4) is 0 Å². The van der Waals surface area contributed by atoms with E-state index >= 15 is 0 Å². The first-order chi connectivity index (χ1) is 19.3. The van der Waals surface area contributed by atoms with Crippen LogP contribution in [0.1, 0.15) is 36.5 Å². The average Bonchev–Trinajstić information content (AvgIpc) is 2.92. The molecule has 1 aliphatic heterocycles. The molecule has 0 spiro atoms. The topological polar surface area (TPSA) is 115 Å². The third-order valence-corrected chi connectivity index (χ3v) is 7.49. The van der Waals surface area contributed by atoms with Crippen molar-refractivity contribution in [1.29, 1.82) is 5.26 Å². The van der Waals surface area contributed by atoms with Crippen molar-refractivity contribution in [2.75, 3.05) is 13.1 Å². The average molecular weight is 607 g/mol. The van der Waals surface area contributed by atoms with Gasteiger partial charge in [0.15, 0.2) is 0 Å². The molecule has 0 aliphatic carbocycles. The van der Waals surface area contributed by atoms with Gasteiger partial charge < -0.3 is 15.3 Å². The van der Waals surface area contributed by atoms with E-state index in [1.54, 1.807) is 11.0 Å². The molecule has 0 saturated carbocycles. The molecule has 4 rings (SSSR count). The van der Waals surface area contributed by atoms with Gasteiger partial charge in [0.25, 0.3) is 5.56 Å². The molecular formula is C28H23Cl2F3N4O4. The number of aromatic nitrogens is 1. The second-order valence-electron chi connectivity index (χ2n) is 9.51. The minimum atomic E-state index is -4.68. The first-order valence-corrected chi connectivity index (χ1v) is 13.1. The molecule has 214 valence electrons. The van der Waals surface area contributed by atoms with Crippen LogP contribution in [-0.4, -0.2) is 39.5 Å². The van der Waals surface area contributed by atoms with E-state index in [1.807, 2.05) is 0 Å². The van der Waals surface area contributed by atoms with Gasteiger partial charge in [-0.2, -0.15) is 18.4 Å². The fraction of sp³-hybridized carbons (Fsp3) is 0.286. The van der Waals surface area contributed by atoms with Crippen LogP contribution in [0, 0.1) is 17.2 Å². The smallest absolute Gasteiger partial charge is 0.416 e. The van der Waals surface area contributed by atoms with Crippen LogP contribution < -0.4 is 10.9 Å². The van der Waals surface area contributed by atoms with Crippen LogP contribution in [0.25, 0.3) is 16.8 Å². The number of rotatable bonds is 5. The second-order valence-corrected chi connectivity index (χ2v) is 10.4. The molecule has 2 amide bonds. The van der Waals surface area contributed by atoms with Gasteiger partial charge in [-0.05, 0) is 49.2 Å². The number of nitrogens with one attached hydrogen (secondary N) is 1. The Morgan fingerprint density at radius 2 is 1.80 bits per heavy atom. The summed E-state index contributed by atoms with van der Waals surface area (Å²) < 4.78 is 40.8. The van der Waals surface area contributed by atoms with Gasteiger partial charge in [0.1, 0.15) is 17.4 Å². The molecule has 3 aromatic rings. The van der Waals surface area contributed by atoms with Crippen molar-refractivity contribution in [1.82, 2.24) is 14.8 Å². The van der Waals surface area contributed by atoms with Gasteiger partial charge in [0, 0.05) is 65.4 Å². The van der Waals surface area contributed by atoms with E-state index in [1.165, 1.54) is 31.3 Å². The van der Waals surface area contributed by atoms with Crippen molar-refractivity contribution in [3.63, 3.8) is 0 Å². The monoisotopic (exact) mass is 606 g/mol. The zero-order valence-electron chi connectivity index (χ0n) is 21.6. The third-order valence-electron chi connectivity index (χ3n) is 6.95. The second kappa shape index (κ2) is 11.8. The lowest BCUT2D eigenvalue weighted by atomic mass is 9.96. The normalized spacial score (nSPS) is 14.0. The number of alkyl halides is 3. The molecule has 1 aliphatic rings. The van der Waals surface area contributed by atoms with Crippen molar-refractivity contribution in [3.05, 3.63) is 79.7 Å². The van der Waals surface area contributed by atoms with Crippen molar-refractivity contribution in [2.45, 2.75) is 32.5 Å². The zero-order valence-corrected chi connectivity index (χ0v) is 23.1. The predicted molar refractivity (Wildman–Crippen MR) is 146 cm³/mol. The summed E-state index contributed by atoms with van der Waals surface area (Å²) in [4.78, 5) is 39.2. The number of nitriles is 1. The SMILES string of the molecule is CC(=O)N1CCC(C(=O)NCc2cc(Cl)cc(-n3ccc(-c4cc(C(F)(F)F)ccc4Cl)c(C#N)c3=O)c2O)CC1. The Kier molecular flexibility index (Phi) is 8.66. The van der Waals surface area contributed by atoms with Crippen LogP contribution in [-0.2, 0) is 22.3 Å². The first kappa shape index (κ1) is 30.0. The van der Waals surface area contributed by atoms with Crippen LogP contribution >= 0.6 is 23.2 Å². The number of nitrogens with zero attached hydrogens (tertiary/aromatic N) is 3. The lowest BCUT2D eigenvalue weighted by Crippen LogP contribution is -2.42. The van der Waals surface area contributed by atoms with E-state index in [0.717, 1.165) is 22.8 Å². The third kappa shape index (κ3) is 6.34. The lowest BCUT2D eigenvalue weighted by molar-refractivity contribution is -0.137. The number of phenolic OH excluding ortho intramolecular Hbond substituents is 1. The fourth-order valence-electron chi connectivity index (χ4n) is 4.71. The molecule has 41 heavy (non-hydrogen) atoms. The van der Waals surface area contributed by atoms with Crippen molar-refractivity contribution >= 4 is 35.0 Å². The number of hydrogen-bond donors (Lipinski definition) is 2. The van der Waals surface area contributed by atoms with Crippen LogP contribution in [0.2, 0.25) is 10.0 Å². The predicted octanol–water partition coefficient (Wildman–Crippen LogP) is 5.28. The largest absolute Gasteiger partial charge is 0.505 e. The standard InChI is InChI=1S/C28H23Cl2F3N4O4/c1-15(38)36-7-4-16(5-8-36)26(40)35-14-17-10-19(29)12-24(25(17)39)37-9-6-20(22(13-34)27(37)41)21-11-18(28(31,32)33)2-3-23(21)30/h2-3,6,9-12,16,39H,4-5,7-8,14H2,1H3,(H,35,40). The molecule has 8 nitrogen and oxygen atoms in total. The summed E-state index contributed by atoms with van der Waals surface area (Å²) in [7, 11) is 0. The molecule has 0 radical (unpaired) electrons. The van der Waals surface area contributed by atoms with E-state index in [2.05, 4.69) is 5.32 Å². The number of halogens is 5. The molecule has 0 bridgehead atoms. The number of carbonyl (C=O) groups is 2. The Morgan fingerprint density at radius 1 is 1.12 bits per heavy atom. The minimum Gasteiger partial charge on any atom is -0.505 e. The zero-order chi connectivity index (χ0) is 30.1. The Bertz CT molecular complexity index is 1620. The number of piperidine rings is 1. The highest BCUT2D eigenvalue weighted by Crippen LogP contribution is 2.37. The maximum atomic E-state index is 13.3. The van der Waals surface area contributed by atoms with Crippen LogP contribution in [0.5, 0.6) is 5.75 Å². The summed E-state index contributed by atoms with van der Waals surface area (Å²) in [6.45, 7) is 2.28. The molecule has 0 atom stereocenters. The van der Waals surface area contributed by atoms with E-state index in [-0.39, 0.29) is 56.7 Å². The Labute approximate surface area is 242 Å². The maximum absolute atomic E-state index is 13.3. The number of likely N-dealkylation sites (tertiary alicyclic amines) is 1. The summed E-state index contributed by atoms with van der Waals surface area (Å²) in [5, 5.41) is 23.5. The highest BCUT2D eigenvalue weighted by Gasteiger charge is 2.32. The molecule has 1 fully saturated rings. The first-order valence-electron chi connectivity index (χ1n) is 12.4. The van der Waals surface area contributed by atoms with Crippen molar-refractivity contribution < 1.29 is 27.9 Å². The van der Waals surface area contributed by atoms with Gasteiger partial charge in [0.2, 0.25) is 11.8 Å². The van der Waals surface area contributed by atoms with E-state index in [0.29, 0.717) is 25.9 Å². The number of hydrogen-bond acceptors (Lipinski definition) is 5. The van der Waals surface area contributed by atoms with Gasteiger partial charge in [-0.15, -0.1) is 0 Å². The van der Waals surface area contributed by atoms with Gasteiger partial charge in [-0.25, -0.2) is 0 Å². The van der Waals surface area contributed by atoms with E-state index < -0.39 is 28.6 Å². The number of carbonyl (C=O) groups excluding carboxylic acids is 2. The Hall–Kier alpha value is -4.01. The fourth-order valence-corrected chi connectivity index (χ4v) is 5.16. The number of pyridine rings is 1. The van der Waals surface area contributed by atoms with Gasteiger partial charge in [0.05, 0.1) is 11.3 Å².